The van der Waals surface area contributed by atoms with Crippen molar-refractivity contribution in [2.24, 2.45) is 0 Å². The van der Waals surface area contributed by atoms with Crippen LogP contribution in [-0.2, 0) is 9.53 Å². The quantitative estimate of drug-likeness (QED) is 0.319. The first-order valence-electron chi connectivity index (χ1n) is 12.8. The second-order valence-electron chi connectivity index (χ2n) is 8.00. The molecule has 4 aromatic rings. The van der Waals surface area contributed by atoms with Crippen LogP contribution in [0.2, 0.25) is 0 Å². The molecule has 0 aliphatic carbocycles. The van der Waals surface area contributed by atoms with Crippen molar-refractivity contribution < 1.29 is 14.3 Å². The van der Waals surface area contributed by atoms with Gasteiger partial charge in [0.2, 0.25) is 5.91 Å². The van der Waals surface area contributed by atoms with E-state index in [0.717, 1.165) is 31.7 Å². The Labute approximate surface area is 223 Å². The number of hydrogen-bond acceptors (Lipinski definition) is 5. The highest BCUT2D eigenvalue weighted by Gasteiger charge is 2.18. The average Bonchev–Trinajstić information content (AvgIpc) is 3.75. The Kier molecular flexibility index (Phi) is 13.0. The number of hydrogen-bond donors (Lipinski definition) is 2. The van der Waals surface area contributed by atoms with Crippen molar-refractivity contribution in [3.63, 3.8) is 0 Å². The monoisotopic (exact) mass is 525 g/mol. The number of alkyl carbamates (subject to hydrolysis) is 1. The fraction of sp³-hybridized carbons (Fsp3) is 0.393. The van der Waals surface area contributed by atoms with Gasteiger partial charge < -0.3 is 19.9 Å². The fourth-order valence-corrected chi connectivity index (χ4v) is 4.70. The second-order valence-corrected chi connectivity index (χ2v) is 8.86. The van der Waals surface area contributed by atoms with Crippen LogP contribution < -0.4 is 5.32 Å². The minimum Gasteiger partial charge on any atom is -0.453 e. The lowest BCUT2D eigenvalue weighted by atomic mass is 10.1. The topological polar surface area (TPSA) is 92.2 Å². The van der Waals surface area contributed by atoms with E-state index < -0.39 is 6.09 Å². The first-order valence-corrected chi connectivity index (χ1v) is 13.7. The summed E-state index contributed by atoms with van der Waals surface area (Å²) in [6.07, 6.45) is 8.43. The molecule has 0 bridgehead atoms. The zero-order chi connectivity index (χ0) is 27.0. The number of nitrogens with zero attached hydrogens (tertiary/aromatic N) is 3. The van der Waals surface area contributed by atoms with Gasteiger partial charge in [-0.15, -0.1) is 11.3 Å². The highest BCUT2D eigenvalue weighted by molar-refractivity contribution is 7.17. The first kappa shape index (κ1) is 29.6. The van der Waals surface area contributed by atoms with Gasteiger partial charge in [0.25, 0.3) is 0 Å². The molecular weight excluding hydrogens is 486 g/mol. The summed E-state index contributed by atoms with van der Waals surface area (Å²) < 4.78 is 6.48. The van der Waals surface area contributed by atoms with Gasteiger partial charge in [-0.25, -0.2) is 9.78 Å². The number of carbonyl (C=O) groups excluding carboxylic acids is 2. The summed E-state index contributed by atoms with van der Waals surface area (Å²) in [5, 5.41) is 5.85. The van der Waals surface area contributed by atoms with Crippen LogP contribution in [0.1, 0.15) is 47.0 Å². The molecule has 0 atom stereocenters. The number of rotatable bonds is 4. The molecule has 2 N–H and O–H groups in total. The van der Waals surface area contributed by atoms with Gasteiger partial charge in [-0.2, -0.15) is 0 Å². The van der Waals surface area contributed by atoms with E-state index in [1.54, 1.807) is 22.6 Å². The Morgan fingerprint density at radius 1 is 1.11 bits per heavy atom. The Bertz CT molecular complexity index is 1180. The average molecular weight is 526 g/mol. The summed E-state index contributed by atoms with van der Waals surface area (Å²) >= 11 is 1.76. The van der Waals surface area contributed by atoms with Crippen LogP contribution in [0.4, 0.5) is 4.79 Å². The lowest BCUT2D eigenvalue weighted by Gasteiger charge is -2.14. The lowest BCUT2D eigenvalue weighted by Crippen LogP contribution is -2.38. The van der Waals surface area contributed by atoms with Crippen LogP contribution in [0, 0.1) is 0 Å². The molecule has 2 amide bonds. The maximum absolute atomic E-state index is 11.3. The number of thiophene rings is 1. The number of methoxy groups -OCH3 is 1. The Hall–Kier alpha value is -3.59. The van der Waals surface area contributed by atoms with Crippen molar-refractivity contribution in [1.82, 2.24) is 24.8 Å². The second kappa shape index (κ2) is 16.2. The molecule has 8 nitrogen and oxygen atoms in total. The van der Waals surface area contributed by atoms with Gasteiger partial charge in [-0.3, -0.25) is 9.36 Å². The molecule has 5 rings (SSSR count). The highest BCUT2D eigenvalue weighted by atomic mass is 32.1. The molecule has 1 fully saturated rings. The standard InChI is InChI=1S/C15H11N3S.C8H14N2O3.C3H8.C2H6/c1-2-4-11(5-3-1)13-9-19-15-12(13)6-7-18(15)14-8-16-10-17-14;1-13-8(12)9-6-7(11)10-4-2-3-5-10;1-3-2;1-2/h1-10H,(H,16,17);2-6H2,1H3,(H,9,12);3H2,1-2H3;1-2H3. The normalized spacial score (nSPS) is 11.9. The van der Waals surface area contributed by atoms with Crippen molar-refractivity contribution in [2.45, 2.75) is 47.0 Å². The number of nitrogens with one attached hydrogen (secondary N) is 2. The van der Waals surface area contributed by atoms with Crippen LogP contribution in [-0.4, -0.2) is 58.2 Å². The number of aromatic amines is 1. The number of amides is 2. The Morgan fingerprint density at radius 3 is 2.38 bits per heavy atom. The highest BCUT2D eigenvalue weighted by Crippen LogP contribution is 2.35. The summed E-state index contributed by atoms with van der Waals surface area (Å²) in [6.45, 7) is 9.90. The molecule has 1 aliphatic heterocycles. The molecule has 0 saturated carbocycles. The van der Waals surface area contributed by atoms with E-state index in [0.29, 0.717) is 0 Å². The zero-order valence-electron chi connectivity index (χ0n) is 22.5. The number of fused-ring (bicyclic) bond motifs is 1. The van der Waals surface area contributed by atoms with Crippen molar-refractivity contribution in [1.29, 1.82) is 0 Å². The van der Waals surface area contributed by atoms with Crippen molar-refractivity contribution in [3.05, 3.63) is 60.5 Å². The van der Waals surface area contributed by atoms with Crippen LogP contribution in [0.3, 0.4) is 0 Å². The predicted molar refractivity (Wildman–Crippen MR) is 152 cm³/mol. The number of benzene rings is 1. The van der Waals surface area contributed by atoms with Gasteiger partial charge in [0.05, 0.1) is 19.6 Å². The smallest absolute Gasteiger partial charge is 0.407 e. The van der Waals surface area contributed by atoms with Crippen LogP contribution in [0.15, 0.2) is 60.5 Å². The van der Waals surface area contributed by atoms with Gasteiger partial charge >= 0.3 is 6.09 Å². The van der Waals surface area contributed by atoms with Gasteiger partial charge in [0.1, 0.15) is 17.2 Å². The van der Waals surface area contributed by atoms with Crippen molar-refractivity contribution >= 4 is 33.6 Å². The van der Waals surface area contributed by atoms with E-state index in [4.69, 9.17) is 0 Å². The van der Waals surface area contributed by atoms with E-state index >= 15 is 0 Å². The third-order valence-corrected chi connectivity index (χ3v) is 6.27. The maximum atomic E-state index is 11.3. The SMILES string of the molecule is CC.CCC.COC(=O)NCC(=O)N1CCCC1.c1ccc(-c2csc3c2ccn3-c2cnc[nH]2)cc1. The van der Waals surface area contributed by atoms with E-state index in [-0.39, 0.29) is 12.5 Å². The summed E-state index contributed by atoms with van der Waals surface area (Å²) in [4.78, 5) is 32.2. The largest absolute Gasteiger partial charge is 0.453 e. The van der Waals surface area contributed by atoms with Gasteiger partial charge in [-0.05, 0) is 24.5 Å². The third kappa shape index (κ3) is 8.49. The summed E-state index contributed by atoms with van der Waals surface area (Å²) in [5.41, 5.74) is 2.55. The molecule has 0 unspecified atom stereocenters. The molecule has 3 aromatic heterocycles. The molecule has 9 heteroatoms. The molecule has 1 aliphatic rings. The van der Waals surface area contributed by atoms with Crippen LogP contribution in [0.25, 0.3) is 27.2 Å². The molecule has 200 valence electrons. The first-order chi connectivity index (χ1) is 18.1. The summed E-state index contributed by atoms with van der Waals surface area (Å²) in [5.74, 6) is 0.958. The molecule has 1 saturated heterocycles. The number of H-pyrrole nitrogens is 1. The molecule has 1 aromatic carbocycles. The van der Waals surface area contributed by atoms with Crippen LogP contribution in [0.5, 0.6) is 0 Å². The summed E-state index contributed by atoms with van der Waals surface area (Å²) in [7, 11) is 1.27. The molecule has 37 heavy (non-hydrogen) atoms. The fourth-order valence-electron chi connectivity index (χ4n) is 3.63. The van der Waals surface area contributed by atoms with Crippen molar-refractivity contribution in [2.75, 3.05) is 26.7 Å². The molecule has 0 spiro atoms. The van der Waals surface area contributed by atoms with E-state index in [9.17, 15) is 9.59 Å². The van der Waals surface area contributed by atoms with Gasteiger partial charge in [-0.1, -0.05) is 64.4 Å². The number of imidazole rings is 1. The minimum absolute atomic E-state index is 0.0344. The predicted octanol–water partition coefficient (Wildman–Crippen LogP) is 6.49. The number of aromatic nitrogens is 3. The van der Waals surface area contributed by atoms with E-state index in [1.807, 2.05) is 26.1 Å². The Morgan fingerprint density at radius 2 is 1.78 bits per heavy atom. The van der Waals surface area contributed by atoms with Gasteiger partial charge in [0, 0.05) is 35.6 Å². The molecule has 4 heterocycles. The van der Waals surface area contributed by atoms with Crippen molar-refractivity contribution in [3.8, 4) is 16.9 Å². The maximum Gasteiger partial charge on any atom is 0.407 e. The minimum atomic E-state index is -0.562. The Balaban J connectivity index is 0.000000234. The lowest BCUT2D eigenvalue weighted by molar-refractivity contribution is -0.129. The molecule has 0 radical (unpaired) electrons. The number of ether oxygens (including phenoxy) is 1. The summed E-state index contributed by atoms with van der Waals surface area (Å²) in [6, 6.07) is 12.7. The number of likely N-dealkylation sites (tertiary alicyclic amines) is 1. The third-order valence-electron chi connectivity index (χ3n) is 5.27. The van der Waals surface area contributed by atoms with Gasteiger partial charge in [0.15, 0.2) is 0 Å². The van der Waals surface area contributed by atoms with E-state index in [2.05, 4.69) is 80.3 Å². The van der Waals surface area contributed by atoms with E-state index in [1.165, 1.54) is 34.9 Å². The zero-order valence-corrected chi connectivity index (χ0v) is 23.3. The van der Waals surface area contributed by atoms with Crippen LogP contribution >= 0.6 is 11.3 Å². The number of carbonyl (C=O) groups is 2. The molecular formula is C28H39N5O3S.